The first kappa shape index (κ1) is 20.6. The average molecular weight is 452 g/mol. The normalized spacial score (nSPS) is 14.2. The fraction of sp³-hybridized carbons (Fsp3) is 0.300. The summed E-state index contributed by atoms with van der Waals surface area (Å²) in [6.45, 7) is 0. The SMILES string of the molecule is CNC(=O)c1c(-c2ccc(Cl)cc2F)oc2nc(N(C)S(C)(=O)=O)c(C3CC3)cc12. The maximum atomic E-state index is 14.6. The summed E-state index contributed by atoms with van der Waals surface area (Å²) in [7, 11) is -0.689. The molecule has 4 rings (SSSR count). The van der Waals surface area contributed by atoms with Gasteiger partial charge in [0.15, 0.2) is 5.76 Å². The molecule has 1 aliphatic rings. The highest BCUT2D eigenvalue weighted by Crippen LogP contribution is 2.46. The number of furan rings is 1. The van der Waals surface area contributed by atoms with Gasteiger partial charge in [-0.3, -0.25) is 9.10 Å². The van der Waals surface area contributed by atoms with Gasteiger partial charge in [0.05, 0.1) is 22.8 Å². The number of carbonyl (C=O) groups excluding carboxylic acids is 1. The summed E-state index contributed by atoms with van der Waals surface area (Å²) in [6, 6.07) is 5.77. The zero-order valence-corrected chi connectivity index (χ0v) is 18.1. The van der Waals surface area contributed by atoms with Crippen LogP contribution in [0.2, 0.25) is 5.02 Å². The molecule has 0 spiro atoms. The molecule has 1 aromatic carbocycles. The van der Waals surface area contributed by atoms with Crippen LogP contribution in [0.5, 0.6) is 0 Å². The fourth-order valence-corrected chi connectivity index (χ4v) is 3.97. The molecule has 1 saturated carbocycles. The molecule has 30 heavy (non-hydrogen) atoms. The van der Waals surface area contributed by atoms with Crippen molar-refractivity contribution in [1.82, 2.24) is 10.3 Å². The first-order valence-corrected chi connectivity index (χ1v) is 11.4. The topological polar surface area (TPSA) is 92.5 Å². The van der Waals surface area contributed by atoms with Gasteiger partial charge in [-0.25, -0.2) is 12.8 Å². The standard InChI is InChI=1S/C20H19ClFN3O4S/c1-23-19(26)16-14-9-13(10-4-5-10)18(25(2)30(3,27)28)24-20(14)29-17(16)12-7-6-11(21)8-15(12)22/h6-10H,4-5H2,1-3H3,(H,23,26). The second-order valence-electron chi connectivity index (χ2n) is 7.27. The Balaban J connectivity index is 2.03. The van der Waals surface area contributed by atoms with E-state index in [0.717, 1.165) is 29.5 Å². The van der Waals surface area contributed by atoms with Crippen molar-refractivity contribution in [1.29, 1.82) is 0 Å². The molecular weight excluding hydrogens is 433 g/mol. The minimum absolute atomic E-state index is 0.00641. The number of benzene rings is 1. The Hall–Kier alpha value is -2.65. The van der Waals surface area contributed by atoms with Crippen molar-refractivity contribution in [3.8, 4) is 11.3 Å². The monoisotopic (exact) mass is 451 g/mol. The Morgan fingerprint density at radius 2 is 2.03 bits per heavy atom. The molecule has 0 aliphatic heterocycles. The predicted octanol–water partition coefficient (Wildman–Crippen LogP) is 3.92. The van der Waals surface area contributed by atoms with E-state index in [0.29, 0.717) is 10.9 Å². The molecular formula is C20H19ClFN3O4S. The van der Waals surface area contributed by atoms with E-state index in [9.17, 15) is 17.6 Å². The van der Waals surface area contributed by atoms with Crippen LogP contribution in [0.15, 0.2) is 28.7 Å². The van der Waals surface area contributed by atoms with Crippen LogP contribution in [0.3, 0.4) is 0 Å². The number of carbonyl (C=O) groups is 1. The smallest absolute Gasteiger partial charge is 0.255 e. The molecule has 1 amide bonds. The molecule has 0 unspecified atom stereocenters. The van der Waals surface area contributed by atoms with Gasteiger partial charge in [-0.05, 0) is 48.6 Å². The minimum atomic E-state index is -3.57. The van der Waals surface area contributed by atoms with Crippen molar-refractivity contribution in [3.63, 3.8) is 0 Å². The van der Waals surface area contributed by atoms with E-state index in [-0.39, 0.29) is 39.4 Å². The number of fused-ring (bicyclic) bond motifs is 1. The molecule has 1 fully saturated rings. The Bertz CT molecular complexity index is 1280. The number of nitrogens with one attached hydrogen (secondary N) is 1. The van der Waals surface area contributed by atoms with E-state index >= 15 is 0 Å². The van der Waals surface area contributed by atoms with Crippen LogP contribution in [0, 0.1) is 5.82 Å². The van der Waals surface area contributed by atoms with E-state index in [1.165, 1.54) is 26.2 Å². The summed E-state index contributed by atoms with van der Waals surface area (Å²) < 4.78 is 45.7. The molecule has 7 nitrogen and oxygen atoms in total. The molecule has 0 atom stereocenters. The molecule has 3 aromatic rings. The number of sulfonamides is 1. The molecule has 10 heteroatoms. The molecule has 2 heterocycles. The van der Waals surface area contributed by atoms with Crippen LogP contribution in [-0.2, 0) is 10.0 Å². The van der Waals surface area contributed by atoms with Crippen LogP contribution in [-0.4, -0.2) is 39.7 Å². The molecule has 158 valence electrons. The fourth-order valence-electron chi connectivity index (χ4n) is 3.35. The zero-order chi connectivity index (χ0) is 21.8. The van der Waals surface area contributed by atoms with Crippen molar-refractivity contribution in [3.05, 3.63) is 46.2 Å². The summed E-state index contributed by atoms with van der Waals surface area (Å²) in [5.41, 5.74) is 0.955. The van der Waals surface area contributed by atoms with Gasteiger partial charge in [-0.15, -0.1) is 0 Å². The first-order chi connectivity index (χ1) is 14.1. The maximum absolute atomic E-state index is 14.6. The number of pyridine rings is 1. The number of rotatable bonds is 5. The largest absolute Gasteiger partial charge is 0.437 e. The van der Waals surface area contributed by atoms with Crippen LogP contribution in [0.25, 0.3) is 22.4 Å². The van der Waals surface area contributed by atoms with E-state index in [1.807, 2.05) is 0 Å². The Morgan fingerprint density at radius 1 is 1.33 bits per heavy atom. The van der Waals surface area contributed by atoms with Gasteiger partial charge in [0.1, 0.15) is 11.6 Å². The number of aromatic nitrogens is 1. The lowest BCUT2D eigenvalue weighted by Crippen LogP contribution is -2.27. The van der Waals surface area contributed by atoms with Crippen LogP contribution in [0.1, 0.15) is 34.7 Å². The number of hydrogen-bond donors (Lipinski definition) is 1. The lowest BCUT2D eigenvalue weighted by molar-refractivity contribution is 0.0964. The Kier molecular flexibility index (Phi) is 4.98. The highest BCUT2D eigenvalue weighted by Gasteiger charge is 2.33. The molecule has 1 aliphatic carbocycles. The third-order valence-corrected chi connectivity index (χ3v) is 6.54. The van der Waals surface area contributed by atoms with Gasteiger partial charge in [0, 0.05) is 19.1 Å². The maximum Gasteiger partial charge on any atom is 0.255 e. The summed E-state index contributed by atoms with van der Waals surface area (Å²) >= 11 is 5.85. The van der Waals surface area contributed by atoms with E-state index in [2.05, 4.69) is 10.3 Å². The summed E-state index contributed by atoms with van der Waals surface area (Å²) in [5, 5.41) is 3.15. The minimum Gasteiger partial charge on any atom is -0.437 e. The van der Waals surface area contributed by atoms with Gasteiger partial charge in [-0.1, -0.05) is 11.6 Å². The van der Waals surface area contributed by atoms with Gasteiger partial charge in [0.2, 0.25) is 15.7 Å². The van der Waals surface area contributed by atoms with E-state index in [1.54, 1.807) is 6.07 Å². The lowest BCUT2D eigenvalue weighted by atomic mass is 10.0. The van der Waals surface area contributed by atoms with Crippen molar-refractivity contribution in [2.45, 2.75) is 18.8 Å². The second-order valence-corrected chi connectivity index (χ2v) is 9.72. The summed E-state index contributed by atoms with van der Waals surface area (Å²) in [5.74, 6) is -0.725. The molecule has 0 bridgehead atoms. The van der Waals surface area contributed by atoms with Crippen molar-refractivity contribution in [2.24, 2.45) is 0 Å². The second kappa shape index (κ2) is 7.24. The third kappa shape index (κ3) is 3.52. The van der Waals surface area contributed by atoms with Gasteiger partial charge in [-0.2, -0.15) is 4.98 Å². The van der Waals surface area contributed by atoms with Crippen molar-refractivity contribution in [2.75, 3.05) is 24.7 Å². The van der Waals surface area contributed by atoms with Crippen LogP contribution in [0.4, 0.5) is 10.2 Å². The average Bonchev–Trinajstić information content (AvgIpc) is 3.46. The van der Waals surface area contributed by atoms with E-state index < -0.39 is 21.7 Å². The number of halogens is 2. The summed E-state index contributed by atoms with van der Waals surface area (Å²) in [4.78, 5) is 17.1. The van der Waals surface area contributed by atoms with Gasteiger partial charge in [0.25, 0.3) is 5.91 Å². The quantitative estimate of drug-likeness (QED) is 0.634. The number of nitrogens with zero attached hydrogens (tertiary/aromatic N) is 2. The molecule has 0 radical (unpaired) electrons. The van der Waals surface area contributed by atoms with Gasteiger partial charge >= 0.3 is 0 Å². The van der Waals surface area contributed by atoms with Crippen molar-refractivity contribution >= 4 is 44.4 Å². The highest BCUT2D eigenvalue weighted by atomic mass is 35.5. The van der Waals surface area contributed by atoms with Crippen LogP contribution >= 0.6 is 11.6 Å². The lowest BCUT2D eigenvalue weighted by Gasteiger charge is -2.18. The molecule has 0 saturated heterocycles. The predicted molar refractivity (Wildman–Crippen MR) is 113 cm³/mol. The third-order valence-electron chi connectivity index (χ3n) is 5.13. The van der Waals surface area contributed by atoms with Crippen molar-refractivity contribution < 1.29 is 22.0 Å². The molecule has 2 aromatic heterocycles. The zero-order valence-electron chi connectivity index (χ0n) is 16.5. The number of anilines is 1. The summed E-state index contributed by atoms with van der Waals surface area (Å²) in [6.07, 6.45) is 2.87. The Morgan fingerprint density at radius 3 is 2.60 bits per heavy atom. The first-order valence-electron chi connectivity index (χ1n) is 9.20. The number of amides is 1. The van der Waals surface area contributed by atoms with E-state index in [4.69, 9.17) is 16.0 Å². The Labute approximate surface area is 177 Å². The highest BCUT2D eigenvalue weighted by molar-refractivity contribution is 7.92. The van der Waals surface area contributed by atoms with Crippen LogP contribution < -0.4 is 9.62 Å². The molecule has 1 N–H and O–H groups in total. The number of hydrogen-bond acceptors (Lipinski definition) is 5. The van der Waals surface area contributed by atoms with Gasteiger partial charge < -0.3 is 9.73 Å².